The SMILES string of the molecule is Cn1cc(NC(=O)[C@@H]2C[C@H]2C2CCNCC2)cc1C(N)=O. The summed E-state index contributed by atoms with van der Waals surface area (Å²) in [4.78, 5) is 23.5. The molecule has 114 valence electrons. The molecular formula is C15H22N4O2. The summed E-state index contributed by atoms with van der Waals surface area (Å²) >= 11 is 0. The van der Waals surface area contributed by atoms with Gasteiger partial charge in [-0.15, -0.1) is 0 Å². The number of carbonyl (C=O) groups excluding carboxylic acids is 2. The molecule has 0 bridgehead atoms. The number of aromatic nitrogens is 1. The first-order valence-electron chi connectivity index (χ1n) is 7.54. The molecule has 1 saturated heterocycles. The van der Waals surface area contributed by atoms with Gasteiger partial charge in [-0.2, -0.15) is 0 Å². The fourth-order valence-corrected chi connectivity index (χ4v) is 3.42. The van der Waals surface area contributed by atoms with Crippen LogP contribution in [0.1, 0.15) is 29.8 Å². The predicted octanol–water partition coefficient (Wildman–Crippen LogP) is 0.698. The summed E-state index contributed by atoms with van der Waals surface area (Å²) in [6.45, 7) is 2.13. The van der Waals surface area contributed by atoms with Gasteiger partial charge in [0.25, 0.3) is 5.91 Å². The molecule has 0 spiro atoms. The fraction of sp³-hybridized carbons (Fsp3) is 0.600. The number of amides is 2. The van der Waals surface area contributed by atoms with Gasteiger partial charge in [0.15, 0.2) is 0 Å². The van der Waals surface area contributed by atoms with E-state index in [-0.39, 0.29) is 11.8 Å². The maximum absolute atomic E-state index is 12.3. The predicted molar refractivity (Wildman–Crippen MR) is 79.8 cm³/mol. The van der Waals surface area contributed by atoms with E-state index in [2.05, 4.69) is 10.6 Å². The van der Waals surface area contributed by atoms with Crippen LogP contribution in [-0.2, 0) is 11.8 Å². The summed E-state index contributed by atoms with van der Waals surface area (Å²) in [5, 5.41) is 6.26. The minimum absolute atomic E-state index is 0.0696. The van der Waals surface area contributed by atoms with Crippen LogP contribution in [0.4, 0.5) is 5.69 Å². The molecule has 0 unspecified atom stereocenters. The lowest BCUT2D eigenvalue weighted by atomic mass is 9.92. The van der Waals surface area contributed by atoms with Crippen LogP contribution >= 0.6 is 0 Å². The quantitative estimate of drug-likeness (QED) is 0.762. The standard InChI is InChI=1S/C15H22N4O2/c1-19-8-10(6-13(19)14(16)20)18-15(21)12-7-11(12)9-2-4-17-5-3-9/h6,8-9,11-12,17H,2-5,7H2,1H3,(H2,16,20)(H,18,21)/t11-,12+/m0/s1. The Morgan fingerprint density at radius 3 is 2.71 bits per heavy atom. The largest absolute Gasteiger partial charge is 0.364 e. The summed E-state index contributed by atoms with van der Waals surface area (Å²) < 4.78 is 1.63. The third-order valence-corrected chi connectivity index (χ3v) is 4.69. The van der Waals surface area contributed by atoms with Crippen LogP contribution in [0.3, 0.4) is 0 Å². The highest BCUT2D eigenvalue weighted by molar-refractivity contribution is 5.97. The Balaban J connectivity index is 1.57. The van der Waals surface area contributed by atoms with Crippen molar-refractivity contribution >= 4 is 17.5 Å². The van der Waals surface area contributed by atoms with Crippen molar-refractivity contribution < 1.29 is 9.59 Å². The molecule has 3 rings (SSSR count). The van der Waals surface area contributed by atoms with Crippen molar-refractivity contribution in [3.63, 3.8) is 0 Å². The van der Waals surface area contributed by atoms with Gasteiger partial charge >= 0.3 is 0 Å². The van der Waals surface area contributed by atoms with Gasteiger partial charge in [-0.3, -0.25) is 9.59 Å². The van der Waals surface area contributed by atoms with E-state index in [1.54, 1.807) is 23.9 Å². The highest BCUT2D eigenvalue weighted by atomic mass is 16.2. The first-order valence-corrected chi connectivity index (χ1v) is 7.54. The Morgan fingerprint density at radius 2 is 2.10 bits per heavy atom. The molecule has 6 heteroatoms. The zero-order valence-corrected chi connectivity index (χ0v) is 12.3. The van der Waals surface area contributed by atoms with Crippen LogP contribution in [-0.4, -0.2) is 29.5 Å². The molecule has 0 aromatic carbocycles. The molecule has 4 N–H and O–H groups in total. The van der Waals surface area contributed by atoms with E-state index in [9.17, 15) is 9.59 Å². The highest BCUT2D eigenvalue weighted by Gasteiger charge is 2.47. The van der Waals surface area contributed by atoms with E-state index < -0.39 is 5.91 Å². The number of aryl methyl sites for hydroxylation is 1. The van der Waals surface area contributed by atoms with E-state index >= 15 is 0 Å². The van der Waals surface area contributed by atoms with Crippen molar-refractivity contribution in [3.8, 4) is 0 Å². The van der Waals surface area contributed by atoms with Crippen LogP contribution in [0.5, 0.6) is 0 Å². The number of nitrogens with one attached hydrogen (secondary N) is 2. The molecule has 2 amide bonds. The topological polar surface area (TPSA) is 89.2 Å². The molecule has 1 aromatic rings. The Bertz CT molecular complexity index is 560. The maximum atomic E-state index is 12.3. The smallest absolute Gasteiger partial charge is 0.265 e. The number of anilines is 1. The van der Waals surface area contributed by atoms with Gasteiger partial charge in [-0.1, -0.05) is 0 Å². The van der Waals surface area contributed by atoms with Crippen LogP contribution in [0.25, 0.3) is 0 Å². The van der Waals surface area contributed by atoms with E-state index in [0.717, 1.165) is 19.5 Å². The molecule has 1 aromatic heterocycles. The van der Waals surface area contributed by atoms with Crippen molar-refractivity contribution in [2.75, 3.05) is 18.4 Å². The lowest BCUT2D eigenvalue weighted by Gasteiger charge is -2.22. The van der Waals surface area contributed by atoms with Crippen LogP contribution in [0.15, 0.2) is 12.3 Å². The molecule has 1 aliphatic heterocycles. The zero-order valence-electron chi connectivity index (χ0n) is 12.3. The number of nitrogens with two attached hydrogens (primary N) is 1. The zero-order chi connectivity index (χ0) is 15.0. The third kappa shape index (κ3) is 2.95. The normalized spacial score (nSPS) is 25.6. The van der Waals surface area contributed by atoms with Gasteiger partial charge in [0, 0.05) is 19.2 Å². The number of nitrogens with zero attached hydrogens (tertiary/aromatic N) is 1. The first-order chi connectivity index (χ1) is 10.1. The summed E-state index contributed by atoms with van der Waals surface area (Å²) in [5.41, 5.74) is 6.32. The number of primary amides is 1. The van der Waals surface area contributed by atoms with Crippen molar-refractivity contribution in [2.24, 2.45) is 30.5 Å². The Labute approximate surface area is 124 Å². The first kappa shape index (κ1) is 14.1. The monoisotopic (exact) mass is 290 g/mol. The van der Waals surface area contributed by atoms with Crippen molar-refractivity contribution in [1.29, 1.82) is 0 Å². The molecule has 1 aliphatic carbocycles. The minimum Gasteiger partial charge on any atom is -0.364 e. The van der Waals surface area contributed by atoms with E-state index in [1.165, 1.54) is 12.8 Å². The second kappa shape index (κ2) is 5.52. The summed E-state index contributed by atoms with van der Waals surface area (Å²) in [6.07, 6.45) is 5.06. The van der Waals surface area contributed by atoms with Gasteiger partial charge in [0.05, 0.1) is 5.69 Å². The lowest BCUT2D eigenvalue weighted by molar-refractivity contribution is -0.117. The maximum Gasteiger partial charge on any atom is 0.265 e. The second-order valence-electron chi connectivity index (χ2n) is 6.17. The second-order valence-corrected chi connectivity index (χ2v) is 6.17. The molecular weight excluding hydrogens is 268 g/mol. The molecule has 2 atom stereocenters. The Kier molecular flexibility index (Phi) is 3.71. The average Bonchev–Trinajstić information content (AvgIpc) is 3.18. The van der Waals surface area contributed by atoms with E-state index in [1.807, 2.05) is 0 Å². The van der Waals surface area contributed by atoms with Crippen LogP contribution < -0.4 is 16.4 Å². The number of piperidine rings is 1. The van der Waals surface area contributed by atoms with Gasteiger partial charge in [-0.25, -0.2) is 0 Å². The summed E-state index contributed by atoms with van der Waals surface area (Å²) in [5.74, 6) is 0.924. The van der Waals surface area contributed by atoms with Crippen LogP contribution in [0, 0.1) is 17.8 Å². The van der Waals surface area contributed by atoms with Crippen LogP contribution in [0.2, 0.25) is 0 Å². The van der Waals surface area contributed by atoms with Gasteiger partial charge in [0.1, 0.15) is 5.69 Å². The summed E-state index contributed by atoms with van der Waals surface area (Å²) in [6, 6.07) is 1.63. The van der Waals surface area contributed by atoms with E-state index in [0.29, 0.717) is 23.2 Å². The van der Waals surface area contributed by atoms with Crippen molar-refractivity contribution in [3.05, 3.63) is 18.0 Å². The molecule has 1 saturated carbocycles. The summed E-state index contributed by atoms with van der Waals surface area (Å²) in [7, 11) is 1.74. The number of hydrogen-bond donors (Lipinski definition) is 3. The molecule has 21 heavy (non-hydrogen) atoms. The molecule has 2 fully saturated rings. The average molecular weight is 290 g/mol. The van der Waals surface area contributed by atoms with E-state index in [4.69, 9.17) is 5.73 Å². The van der Waals surface area contributed by atoms with Gasteiger partial charge in [0.2, 0.25) is 5.91 Å². The van der Waals surface area contributed by atoms with Crippen molar-refractivity contribution in [2.45, 2.75) is 19.3 Å². The Hall–Kier alpha value is -1.82. The minimum atomic E-state index is -0.489. The van der Waals surface area contributed by atoms with Gasteiger partial charge in [-0.05, 0) is 50.3 Å². The lowest BCUT2D eigenvalue weighted by Crippen LogP contribution is -2.29. The number of rotatable bonds is 4. The van der Waals surface area contributed by atoms with Gasteiger partial charge < -0.3 is 20.9 Å². The molecule has 6 nitrogen and oxygen atoms in total. The number of carbonyl (C=O) groups is 2. The third-order valence-electron chi connectivity index (χ3n) is 4.69. The fourth-order valence-electron chi connectivity index (χ4n) is 3.42. The molecule has 0 radical (unpaired) electrons. The Morgan fingerprint density at radius 1 is 1.38 bits per heavy atom. The molecule has 2 aliphatic rings. The van der Waals surface area contributed by atoms with Crippen molar-refractivity contribution in [1.82, 2.24) is 9.88 Å². The molecule has 2 heterocycles. The number of hydrogen-bond acceptors (Lipinski definition) is 3. The highest BCUT2D eigenvalue weighted by Crippen LogP contribution is 2.47.